The second-order valence-electron chi connectivity index (χ2n) is 5.81. The summed E-state index contributed by atoms with van der Waals surface area (Å²) in [6.07, 6.45) is 4.09. The van der Waals surface area contributed by atoms with E-state index in [-0.39, 0.29) is 11.4 Å². The first-order valence-corrected chi connectivity index (χ1v) is 8.36. The summed E-state index contributed by atoms with van der Waals surface area (Å²) in [5, 5.41) is 15.8. The number of anilines is 3. The summed E-state index contributed by atoms with van der Waals surface area (Å²) in [5.74, 6) is -0.466. The molecule has 0 saturated heterocycles. The highest BCUT2D eigenvalue weighted by atomic mass is 19.1. The van der Waals surface area contributed by atoms with Gasteiger partial charge < -0.3 is 21.4 Å². The maximum Gasteiger partial charge on any atom is 0.319 e. The molecule has 0 bridgehead atoms. The number of amides is 2. The minimum absolute atomic E-state index is 0.155. The SMILES string of the molecule is CNC(=O)Nc1c(Nc2ccnc(-c3nc(C)ccc3F)c2)ccnc1C=N. The summed E-state index contributed by atoms with van der Waals surface area (Å²) in [6, 6.07) is 7.51. The predicted molar refractivity (Wildman–Crippen MR) is 106 cm³/mol. The van der Waals surface area contributed by atoms with Gasteiger partial charge in [-0.1, -0.05) is 0 Å². The van der Waals surface area contributed by atoms with Crippen LogP contribution in [0.3, 0.4) is 0 Å². The number of halogens is 1. The Morgan fingerprint density at radius 2 is 1.96 bits per heavy atom. The van der Waals surface area contributed by atoms with Gasteiger partial charge in [0.1, 0.15) is 11.4 Å². The van der Waals surface area contributed by atoms with Crippen LogP contribution in [-0.2, 0) is 0 Å². The molecule has 8 nitrogen and oxygen atoms in total. The third-order valence-electron chi connectivity index (χ3n) is 3.85. The summed E-state index contributed by atoms with van der Waals surface area (Å²) in [6.45, 7) is 1.78. The number of nitrogens with one attached hydrogen (secondary N) is 4. The van der Waals surface area contributed by atoms with Crippen molar-refractivity contribution in [2.45, 2.75) is 6.92 Å². The average molecular weight is 379 g/mol. The Balaban J connectivity index is 1.98. The van der Waals surface area contributed by atoms with Crippen LogP contribution in [0.4, 0.5) is 26.2 Å². The van der Waals surface area contributed by atoms with Crippen molar-refractivity contribution in [2.24, 2.45) is 0 Å². The van der Waals surface area contributed by atoms with Crippen LogP contribution in [0, 0.1) is 18.2 Å². The smallest absolute Gasteiger partial charge is 0.319 e. The van der Waals surface area contributed by atoms with Crippen molar-refractivity contribution in [3.05, 3.63) is 59.9 Å². The highest BCUT2D eigenvalue weighted by Crippen LogP contribution is 2.29. The summed E-state index contributed by atoms with van der Waals surface area (Å²) >= 11 is 0. The van der Waals surface area contributed by atoms with Gasteiger partial charge >= 0.3 is 6.03 Å². The van der Waals surface area contributed by atoms with Crippen molar-refractivity contribution in [2.75, 3.05) is 17.7 Å². The van der Waals surface area contributed by atoms with E-state index in [0.717, 1.165) is 6.21 Å². The van der Waals surface area contributed by atoms with E-state index >= 15 is 0 Å². The molecule has 4 N–H and O–H groups in total. The van der Waals surface area contributed by atoms with Crippen LogP contribution in [0.15, 0.2) is 42.7 Å². The van der Waals surface area contributed by atoms with Crippen molar-refractivity contribution < 1.29 is 9.18 Å². The van der Waals surface area contributed by atoms with Gasteiger partial charge in [0.2, 0.25) is 0 Å². The van der Waals surface area contributed by atoms with E-state index in [1.807, 2.05) is 0 Å². The summed E-state index contributed by atoms with van der Waals surface area (Å²) in [4.78, 5) is 24.2. The van der Waals surface area contributed by atoms with E-state index < -0.39 is 11.8 Å². The molecule has 0 atom stereocenters. The highest BCUT2D eigenvalue weighted by Gasteiger charge is 2.13. The second kappa shape index (κ2) is 8.21. The number of carbonyl (C=O) groups excluding carboxylic acids is 1. The molecule has 2 amide bonds. The number of aryl methyl sites for hydroxylation is 1. The van der Waals surface area contributed by atoms with Gasteiger partial charge in [-0.25, -0.2) is 14.2 Å². The fourth-order valence-corrected chi connectivity index (χ4v) is 2.51. The van der Waals surface area contributed by atoms with E-state index in [0.29, 0.717) is 28.5 Å². The molecule has 3 heterocycles. The van der Waals surface area contributed by atoms with Crippen molar-refractivity contribution >= 4 is 29.3 Å². The van der Waals surface area contributed by atoms with Crippen LogP contribution in [0.25, 0.3) is 11.4 Å². The molecule has 3 rings (SSSR count). The van der Waals surface area contributed by atoms with Gasteiger partial charge in [0.05, 0.1) is 17.1 Å². The van der Waals surface area contributed by atoms with Crippen molar-refractivity contribution in [1.29, 1.82) is 5.41 Å². The van der Waals surface area contributed by atoms with E-state index in [1.54, 1.807) is 31.2 Å². The number of nitrogens with zero attached hydrogens (tertiary/aromatic N) is 3. The van der Waals surface area contributed by atoms with Gasteiger partial charge in [0.25, 0.3) is 0 Å². The lowest BCUT2D eigenvalue weighted by atomic mass is 10.2. The number of hydrogen-bond donors (Lipinski definition) is 4. The predicted octanol–water partition coefficient (Wildman–Crippen LogP) is 3.48. The normalized spacial score (nSPS) is 10.2. The molecule has 0 unspecified atom stereocenters. The second-order valence-corrected chi connectivity index (χ2v) is 5.81. The number of rotatable bonds is 5. The number of pyridine rings is 3. The third kappa shape index (κ3) is 4.09. The number of urea groups is 1. The third-order valence-corrected chi connectivity index (χ3v) is 3.85. The van der Waals surface area contributed by atoms with Crippen LogP contribution in [0.5, 0.6) is 0 Å². The zero-order valence-corrected chi connectivity index (χ0v) is 15.2. The number of aromatic nitrogens is 3. The Kier molecular flexibility index (Phi) is 5.54. The fraction of sp³-hybridized carbons (Fsp3) is 0.105. The largest absolute Gasteiger partial charge is 0.354 e. The number of carbonyl (C=O) groups is 1. The van der Waals surface area contributed by atoms with Crippen LogP contribution in [-0.4, -0.2) is 34.2 Å². The van der Waals surface area contributed by atoms with Gasteiger partial charge in [-0.2, -0.15) is 0 Å². The lowest BCUT2D eigenvalue weighted by Gasteiger charge is -2.15. The first-order chi connectivity index (χ1) is 13.5. The standard InChI is InChI=1S/C19H18FN7O/c1-11-3-4-13(20)17(25-11)15-9-12(5-7-23-15)26-14-6-8-24-16(10-21)18(14)27-19(28)22-2/h3-10,21H,1-2H3,(H2,22,27,28)(H,23,24,26). The monoisotopic (exact) mass is 379 g/mol. The highest BCUT2D eigenvalue weighted by molar-refractivity contribution is 6.00. The number of hydrogen-bond acceptors (Lipinski definition) is 6. The molecule has 0 fully saturated rings. The molecule has 0 aliphatic carbocycles. The Hall–Kier alpha value is -3.88. The minimum Gasteiger partial charge on any atom is -0.354 e. The molecule has 0 saturated carbocycles. The summed E-state index contributed by atoms with van der Waals surface area (Å²) in [5.41, 5.74) is 2.96. The average Bonchev–Trinajstić information content (AvgIpc) is 2.71. The Labute approximate surface area is 160 Å². The maximum atomic E-state index is 14.1. The molecule has 0 radical (unpaired) electrons. The van der Waals surface area contributed by atoms with Crippen molar-refractivity contribution in [3.8, 4) is 11.4 Å². The molecule has 28 heavy (non-hydrogen) atoms. The zero-order chi connectivity index (χ0) is 20.1. The summed E-state index contributed by atoms with van der Waals surface area (Å²) in [7, 11) is 1.49. The molecule has 142 valence electrons. The lowest BCUT2D eigenvalue weighted by molar-refractivity contribution is 0.254. The van der Waals surface area contributed by atoms with Crippen molar-refractivity contribution in [1.82, 2.24) is 20.3 Å². The van der Waals surface area contributed by atoms with Crippen molar-refractivity contribution in [3.63, 3.8) is 0 Å². The summed E-state index contributed by atoms with van der Waals surface area (Å²) < 4.78 is 14.1. The van der Waals surface area contributed by atoms with E-state index in [1.165, 1.54) is 25.5 Å². The molecule has 0 aliphatic rings. The Morgan fingerprint density at radius 3 is 2.71 bits per heavy atom. The molecule has 3 aromatic rings. The van der Waals surface area contributed by atoms with Gasteiger partial charge in [-0.3, -0.25) is 9.97 Å². The Morgan fingerprint density at radius 1 is 1.18 bits per heavy atom. The van der Waals surface area contributed by atoms with Crippen LogP contribution in [0.2, 0.25) is 0 Å². The first kappa shape index (κ1) is 18.9. The molecular weight excluding hydrogens is 361 g/mol. The fourth-order valence-electron chi connectivity index (χ4n) is 2.51. The first-order valence-electron chi connectivity index (χ1n) is 8.36. The van der Waals surface area contributed by atoms with Crippen LogP contribution < -0.4 is 16.0 Å². The van der Waals surface area contributed by atoms with Gasteiger partial charge in [-0.05, 0) is 37.3 Å². The minimum atomic E-state index is -0.466. The van der Waals surface area contributed by atoms with Gasteiger partial charge in [0.15, 0.2) is 5.82 Å². The molecule has 0 aromatic carbocycles. The van der Waals surface area contributed by atoms with Gasteiger partial charge in [-0.15, -0.1) is 0 Å². The van der Waals surface area contributed by atoms with E-state index in [9.17, 15) is 9.18 Å². The van der Waals surface area contributed by atoms with E-state index in [4.69, 9.17) is 5.41 Å². The van der Waals surface area contributed by atoms with Crippen LogP contribution >= 0.6 is 0 Å². The van der Waals surface area contributed by atoms with E-state index in [2.05, 4.69) is 30.9 Å². The molecule has 0 spiro atoms. The topological polar surface area (TPSA) is 116 Å². The molecule has 3 aromatic heterocycles. The lowest BCUT2D eigenvalue weighted by Crippen LogP contribution is -2.25. The zero-order valence-electron chi connectivity index (χ0n) is 15.2. The maximum absolute atomic E-state index is 14.1. The van der Waals surface area contributed by atoms with Crippen LogP contribution in [0.1, 0.15) is 11.4 Å². The Bertz CT molecular complexity index is 1040. The quantitative estimate of drug-likeness (QED) is 0.507. The molecule has 9 heteroatoms. The molecular formula is C19H18FN7O. The van der Waals surface area contributed by atoms with Gasteiger partial charge in [0, 0.05) is 37.0 Å². The molecule has 0 aliphatic heterocycles.